The summed E-state index contributed by atoms with van der Waals surface area (Å²) in [6, 6.07) is 0. The van der Waals surface area contributed by atoms with Gasteiger partial charge in [0.1, 0.15) is 0 Å². The highest BCUT2D eigenvalue weighted by molar-refractivity contribution is 6.20. The van der Waals surface area contributed by atoms with Gasteiger partial charge >= 0.3 is 0 Å². The van der Waals surface area contributed by atoms with E-state index in [9.17, 15) is 28.8 Å². The molecule has 37 heavy (non-hydrogen) atoms. The predicted octanol–water partition coefficient (Wildman–Crippen LogP) is -1.94. The standard InChI is InChI=1S/C23H38B2N6O6/c1-7-18(32)30(15-21(35)26(3)4)11-9-28(6)23(37)17-31(20(34)14-25)12-10-27(5)22(36)16-29(8-2)19(33)13-24/h2-3,7-17H2,1,4-6H3. The first kappa shape index (κ1) is 33.9. The summed E-state index contributed by atoms with van der Waals surface area (Å²) in [5.41, 5.74) is 0. The topological polar surface area (TPSA) is 122 Å². The van der Waals surface area contributed by atoms with Crippen molar-refractivity contribution in [3.63, 3.8) is 0 Å². The summed E-state index contributed by atoms with van der Waals surface area (Å²) in [5, 5.41) is 0. The lowest BCUT2D eigenvalue weighted by Gasteiger charge is -2.29. The molecule has 0 rings (SSSR count). The molecule has 14 heteroatoms. The van der Waals surface area contributed by atoms with Gasteiger partial charge in [0.05, 0.1) is 35.3 Å². The van der Waals surface area contributed by atoms with Gasteiger partial charge in [0.2, 0.25) is 35.4 Å². The van der Waals surface area contributed by atoms with Crippen molar-refractivity contribution in [3.8, 4) is 0 Å². The number of carbonyl (C=O) groups excluding carboxylic acids is 6. The average Bonchev–Trinajstić information content (AvgIpc) is 2.89. The van der Waals surface area contributed by atoms with Crippen molar-refractivity contribution in [3.05, 3.63) is 14.0 Å². The summed E-state index contributed by atoms with van der Waals surface area (Å²) in [6.07, 6.45) is -0.368. The minimum atomic E-state index is -0.479. The molecule has 0 spiro atoms. The Kier molecular flexibility index (Phi) is 16.0. The second-order valence-corrected chi connectivity index (χ2v) is 8.43. The van der Waals surface area contributed by atoms with Crippen LogP contribution in [0.5, 0.6) is 0 Å². The number of carbonyl (C=O) groups is 6. The molecular weight excluding hydrogens is 478 g/mol. The van der Waals surface area contributed by atoms with Crippen LogP contribution in [0.2, 0.25) is 12.6 Å². The zero-order valence-corrected chi connectivity index (χ0v) is 22.5. The first-order valence-corrected chi connectivity index (χ1v) is 11.9. The number of hydrogen-bond donors (Lipinski definition) is 0. The Morgan fingerprint density at radius 2 is 0.973 bits per heavy atom. The first-order chi connectivity index (χ1) is 17.3. The maximum absolute atomic E-state index is 12.8. The van der Waals surface area contributed by atoms with Crippen LogP contribution in [-0.4, -0.2) is 154 Å². The zero-order chi connectivity index (χ0) is 28.7. The highest BCUT2D eigenvalue weighted by atomic mass is 16.2. The third kappa shape index (κ3) is 12.2. The highest BCUT2D eigenvalue weighted by Gasteiger charge is 2.23. The number of likely N-dealkylation sites (N-methyl/N-ethyl adjacent to an activating group) is 3. The summed E-state index contributed by atoms with van der Waals surface area (Å²) in [4.78, 5) is 81.1. The summed E-state index contributed by atoms with van der Waals surface area (Å²) >= 11 is 0. The van der Waals surface area contributed by atoms with E-state index >= 15 is 0 Å². The molecule has 0 N–H and O–H groups in total. The summed E-state index contributed by atoms with van der Waals surface area (Å²) in [5.74, 6) is -2.26. The highest BCUT2D eigenvalue weighted by Crippen LogP contribution is 2.02. The van der Waals surface area contributed by atoms with Crippen LogP contribution in [0.4, 0.5) is 0 Å². The van der Waals surface area contributed by atoms with Crippen molar-refractivity contribution in [2.75, 3.05) is 73.5 Å². The molecule has 0 aliphatic rings. The number of nitrogens with zero attached hydrogens (tertiary/aromatic N) is 6. The largest absolute Gasteiger partial charge is 0.342 e. The van der Waals surface area contributed by atoms with E-state index in [0.717, 1.165) is 4.90 Å². The molecule has 0 aromatic rings. The van der Waals surface area contributed by atoms with Gasteiger partial charge in [-0.1, -0.05) is 6.92 Å². The van der Waals surface area contributed by atoms with Crippen molar-refractivity contribution in [2.45, 2.75) is 26.0 Å². The normalized spacial score (nSPS) is 10.3. The fourth-order valence-corrected chi connectivity index (χ4v) is 3.00. The van der Waals surface area contributed by atoms with E-state index in [-0.39, 0.29) is 89.1 Å². The van der Waals surface area contributed by atoms with Crippen LogP contribution >= 0.6 is 0 Å². The molecule has 0 fully saturated rings. The Hall–Kier alpha value is -3.05. The predicted molar refractivity (Wildman–Crippen MR) is 140 cm³/mol. The molecule has 0 aromatic carbocycles. The molecule has 0 bridgehead atoms. The van der Waals surface area contributed by atoms with Crippen LogP contribution in [-0.2, 0) is 28.8 Å². The molecule has 202 valence electrons. The quantitative estimate of drug-likeness (QED) is 0.220. The molecule has 6 radical (unpaired) electrons. The first-order valence-electron chi connectivity index (χ1n) is 11.9. The number of hydrogen-bond acceptors (Lipinski definition) is 6. The lowest BCUT2D eigenvalue weighted by atomic mass is 10.0. The van der Waals surface area contributed by atoms with Gasteiger partial charge in [0.15, 0.2) is 0 Å². The van der Waals surface area contributed by atoms with E-state index in [1.165, 1.54) is 45.6 Å². The van der Waals surface area contributed by atoms with Crippen molar-refractivity contribution in [1.29, 1.82) is 0 Å². The average molecular weight is 516 g/mol. The van der Waals surface area contributed by atoms with E-state index < -0.39 is 17.7 Å². The van der Waals surface area contributed by atoms with Crippen LogP contribution in [0.1, 0.15) is 13.3 Å². The smallest absolute Gasteiger partial charge is 0.241 e. The Morgan fingerprint density at radius 1 is 0.595 bits per heavy atom. The summed E-state index contributed by atoms with van der Waals surface area (Å²) < 4.78 is 0. The van der Waals surface area contributed by atoms with Crippen LogP contribution in [0.3, 0.4) is 0 Å². The maximum Gasteiger partial charge on any atom is 0.241 e. The van der Waals surface area contributed by atoms with Gasteiger partial charge in [-0.2, -0.15) is 0 Å². The van der Waals surface area contributed by atoms with Gasteiger partial charge in [-0.3, -0.25) is 28.8 Å². The minimum absolute atomic E-state index is 0.0395. The minimum Gasteiger partial charge on any atom is -0.342 e. The van der Waals surface area contributed by atoms with E-state index in [0.29, 0.717) is 0 Å². The number of rotatable bonds is 16. The van der Waals surface area contributed by atoms with E-state index in [2.05, 4.69) is 14.0 Å². The molecule has 0 aromatic heterocycles. The van der Waals surface area contributed by atoms with Gasteiger partial charge in [0, 0.05) is 67.3 Å². The van der Waals surface area contributed by atoms with Gasteiger partial charge in [0.25, 0.3) is 0 Å². The second-order valence-electron chi connectivity index (χ2n) is 8.43. The summed E-state index contributed by atoms with van der Waals surface area (Å²) in [6.45, 7) is 5.12. The van der Waals surface area contributed by atoms with E-state index in [4.69, 9.17) is 15.7 Å². The van der Waals surface area contributed by atoms with Crippen molar-refractivity contribution in [2.24, 2.45) is 0 Å². The fraction of sp³-hybridized carbons (Fsp3) is 0.652. The van der Waals surface area contributed by atoms with Crippen LogP contribution in [0, 0.1) is 14.0 Å². The fourth-order valence-electron chi connectivity index (χ4n) is 3.00. The van der Waals surface area contributed by atoms with Gasteiger partial charge in [-0.25, -0.2) is 0 Å². The third-order valence-electron chi connectivity index (χ3n) is 5.65. The van der Waals surface area contributed by atoms with Gasteiger partial charge < -0.3 is 29.4 Å². The molecule has 12 nitrogen and oxygen atoms in total. The molecule has 0 saturated carbocycles. The van der Waals surface area contributed by atoms with Crippen molar-refractivity contribution < 1.29 is 28.8 Å². The van der Waals surface area contributed by atoms with Crippen molar-refractivity contribution in [1.82, 2.24) is 29.4 Å². The number of amides is 6. The van der Waals surface area contributed by atoms with Crippen LogP contribution in [0.15, 0.2) is 0 Å². The Balaban J connectivity index is 5.07. The SMILES string of the molecule is [B]CC(=O)N(C[CH2])CC(=O)N(C)CCN(CC(=O)N(C)CCN(CC(=O)N([CH2])C)C(=O)CC)C(=O)C[B]. The van der Waals surface area contributed by atoms with E-state index in [1.807, 2.05) is 0 Å². The Labute approximate surface area is 223 Å². The van der Waals surface area contributed by atoms with Gasteiger partial charge in [-0.15, -0.1) is 0 Å². The molecule has 0 unspecified atom stereocenters. The lowest BCUT2D eigenvalue weighted by molar-refractivity contribution is -0.141. The maximum atomic E-state index is 12.8. The second kappa shape index (κ2) is 17.4. The van der Waals surface area contributed by atoms with Crippen LogP contribution < -0.4 is 0 Å². The van der Waals surface area contributed by atoms with Crippen molar-refractivity contribution >= 4 is 51.1 Å². The molecule has 0 heterocycles. The Bertz CT molecular complexity index is 813. The Morgan fingerprint density at radius 3 is 1.35 bits per heavy atom. The third-order valence-corrected chi connectivity index (χ3v) is 5.65. The van der Waals surface area contributed by atoms with E-state index in [1.54, 1.807) is 6.92 Å². The molecule has 6 amide bonds. The zero-order valence-electron chi connectivity index (χ0n) is 22.5. The molecule has 0 saturated heterocycles. The molecule has 0 aliphatic heterocycles. The molecule has 0 atom stereocenters. The van der Waals surface area contributed by atoms with Crippen LogP contribution in [0.25, 0.3) is 0 Å². The lowest BCUT2D eigenvalue weighted by Crippen LogP contribution is -2.48. The molecule has 0 aliphatic carbocycles. The van der Waals surface area contributed by atoms with Gasteiger partial charge in [-0.05, 0) is 19.6 Å². The monoisotopic (exact) mass is 516 g/mol. The molecular formula is C23H38B2N6O6. The summed E-state index contributed by atoms with van der Waals surface area (Å²) in [7, 11) is 18.9.